The summed E-state index contributed by atoms with van der Waals surface area (Å²) in [5.74, 6) is 2.31. The van der Waals surface area contributed by atoms with Crippen LogP contribution in [0, 0.1) is 6.92 Å². The van der Waals surface area contributed by atoms with Gasteiger partial charge >= 0.3 is 0 Å². The van der Waals surface area contributed by atoms with Crippen molar-refractivity contribution in [3.05, 3.63) is 30.0 Å². The molecule has 0 atom stereocenters. The quantitative estimate of drug-likeness (QED) is 0.880. The molecule has 2 N–H and O–H groups in total. The monoisotopic (exact) mass is 272 g/mol. The molecule has 0 aliphatic carbocycles. The highest BCUT2D eigenvalue weighted by molar-refractivity contribution is 5.51. The number of nitrogens with zero attached hydrogens (tertiary/aromatic N) is 5. The minimum atomic E-state index is 0.621. The van der Waals surface area contributed by atoms with Crippen molar-refractivity contribution in [2.45, 2.75) is 6.92 Å². The SMILES string of the molecule is Cc1ccc(-n2nc(N3CCN(C)CC3)cc2N)nc1. The van der Waals surface area contributed by atoms with Gasteiger partial charge in [0.25, 0.3) is 0 Å². The van der Waals surface area contributed by atoms with Gasteiger partial charge in [-0.2, -0.15) is 4.68 Å². The number of aryl methyl sites for hydroxylation is 1. The molecule has 1 saturated heterocycles. The van der Waals surface area contributed by atoms with Crippen LogP contribution in [-0.2, 0) is 0 Å². The van der Waals surface area contributed by atoms with Gasteiger partial charge in [0.05, 0.1) is 0 Å². The molecule has 3 heterocycles. The molecule has 0 aromatic carbocycles. The Morgan fingerprint density at radius 3 is 2.50 bits per heavy atom. The van der Waals surface area contributed by atoms with Crippen molar-refractivity contribution in [1.82, 2.24) is 19.7 Å². The lowest BCUT2D eigenvalue weighted by Gasteiger charge is -2.32. The van der Waals surface area contributed by atoms with Crippen molar-refractivity contribution < 1.29 is 0 Å². The van der Waals surface area contributed by atoms with Crippen LogP contribution in [0.2, 0.25) is 0 Å². The molecule has 106 valence electrons. The molecule has 2 aromatic heterocycles. The number of nitrogen functional groups attached to an aromatic ring is 1. The van der Waals surface area contributed by atoms with E-state index in [-0.39, 0.29) is 0 Å². The summed E-state index contributed by atoms with van der Waals surface area (Å²) in [5.41, 5.74) is 7.19. The molecule has 0 amide bonds. The molecular weight excluding hydrogens is 252 g/mol. The first-order valence-electron chi connectivity index (χ1n) is 6.85. The number of piperazine rings is 1. The highest BCUT2D eigenvalue weighted by atomic mass is 15.4. The number of aromatic nitrogens is 3. The van der Waals surface area contributed by atoms with E-state index in [1.165, 1.54) is 0 Å². The first-order chi connectivity index (χ1) is 9.63. The van der Waals surface area contributed by atoms with E-state index in [0.717, 1.165) is 43.4 Å². The summed E-state index contributed by atoms with van der Waals surface area (Å²) in [5, 5.41) is 4.59. The molecule has 1 aliphatic heterocycles. The second-order valence-electron chi connectivity index (χ2n) is 5.32. The van der Waals surface area contributed by atoms with E-state index in [0.29, 0.717) is 5.82 Å². The van der Waals surface area contributed by atoms with Crippen molar-refractivity contribution in [2.24, 2.45) is 0 Å². The molecular formula is C14H20N6. The van der Waals surface area contributed by atoms with Gasteiger partial charge in [0, 0.05) is 38.4 Å². The summed E-state index contributed by atoms with van der Waals surface area (Å²) < 4.78 is 1.70. The topological polar surface area (TPSA) is 63.2 Å². The van der Waals surface area contributed by atoms with Crippen molar-refractivity contribution in [1.29, 1.82) is 0 Å². The fourth-order valence-electron chi connectivity index (χ4n) is 2.34. The molecule has 0 spiro atoms. The van der Waals surface area contributed by atoms with E-state index >= 15 is 0 Å². The Morgan fingerprint density at radius 1 is 1.10 bits per heavy atom. The average molecular weight is 272 g/mol. The van der Waals surface area contributed by atoms with Crippen LogP contribution < -0.4 is 10.6 Å². The lowest BCUT2D eigenvalue weighted by molar-refractivity contribution is 0.312. The van der Waals surface area contributed by atoms with E-state index in [9.17, 15) is 0 Å². The van der Waals surface area contributed by atoms with Crippen LogP contribution in [0.5, 0.6) is 0 Å². The highest BCUT2D eigenvalue weighted by Crippen LogP contribution is 2.20. The lowest BCUT2D eigenvalue weighted by atomic mass is 10.3. The number of rotatable bonds is 2. The van der Waals surface area contributed by atoms with Crippen LogP contribution in [0.4, 0.5) is 11.6 Å². The van der Waals surface area contributed by atoms with Gasteiger partial charge in [-0.25, -0.2) is 4.98 Å². The highest BCUT2D eigenvalue weighted by Gasteiger charge is 2.18. The lowest BCUT2D eigenvalue weighted by Crippen LogP contribution is -2.44. The molecule has 0 saturated carbocycles. The minimum absolute atomic E-state index is 0.621. The predicted molar refractivity (Wildman–Crippen MR) is 80.2 cm³/mol. The largest absolute Gasteiger partial charge is 0.383 e. The number of anilines is 2. The minimum Gasteiger partial charge on any atom is -0.383 e. The van der Waals surface area contributed by atoms with E-state index in [4.69, 9.17) is 5.73 Å². The average Bonchev–Trinajstić information content (AvgIpc) is 2.82. The number of pyridine rings is 1. The van der Waals surface area contributed by atoms with Crippen LogP contribution in [0.3, 0.4) is 0 Å². The summed E-state index contributed by atoms with van der Waals surface area (Å²) in [4.78, 5) is 8.96. The van der Waals surface area contributed by atoms with E-state index < -0.39 is 0 Å². The van der Waals surface area contributed by atoms with Gasteiger partial charge in [0.2, 0.25) is 0 Å². The smallest absolute Gasteiger partial charge is 0.155 e. The van der Waals surface area contributed by atoms with Gasteiger partial charge < -0.3 is 15.5 Å². The maximum atomic E-state index is 6.07. The third-order valence-corrected chi connectivity index (χ3v) is 3.66. The second-order valence-corrected chi connectivity index (χ2v) is 5.32. The molecule has 6 nitrogen and oxygen atoms in total. The molecule has 2 aromatic rings. The Labute approximate surface area is 118 Å². The van der Waals surface area contributed by atoms with Gasteiger partial charge in [-0.1, -0.05) is 6.07 Å². The molecule has 1 aliphatic rings. The third-order valence-electron chi connectivity index (χ3n) is 3.66. The van der Waals surface area contributed by atoms with E-state index in [2.05, 4.69) is 26.9 Å². The maximum absolute atomic E-state index is 6.07. The summed E-state index contributed by atoms with van der Waals surface area (Å²) in [6.45, 7) is 6.08. The number of nitrogens with two attached hydrogens (primary N) is 1. The maximum Gasteiger partial charge on any atom is 0.155 e. The molecule has 20 heavy (non-hydrogen) atoms. The number of hydrogen-bond acceptors (Lipinski definition) is 5. The molecule has 3 rings (SSSR count). The Hall–Kier alpha value is -2.08. The van der Waals surface area contributed by atoms with E-state index in [1.807, 2.05) is 31.3 Å². The molecule has 0 unspecified atom stereocenters. The standard InChI is InChI=1S/C14H20N6/c1-11-3-4-13(16-10-11)20-12(15)9-14(17-20)19-7-5-18(2)6-8-19/h3-4,9-10H,5-8,15H2,1-2H3. The van der Waals surface area contributed by atoms with Crippen molar-refractivity contribution >= 4 is 11.6 Å². The summed E-state index contributed by atoms with van der Waals surface area (Å²) in [6, 6.07) is 5.87. The van der Waals surface area contributed by atoms with Gasteiger partial charge in [0.1, 0.15) is 5.82 Å². The van der Waals surface area contributed by atoms with Crippen LogP contribution in [0.1, 0.15) is 5.56 Å². The summed E-state index contributed by atoms with van der Waals surface area (Å²) in [6.07, 6.45) is 1.83. The van der Waals surface area contributed by atoms with Gasteiger partial charge in [-0.05, 0) is 25.6 Å². The normalized spacial score (nSPS) is 16.6. The summed E-state index contributed by atoms with van der Waals surface area (Å²) >= 11 is 0. The summed E-state index contributed by atoms with van der Waals surface area (Å²) in [7, 11) is 2.14. The number of hydrogen-bond donors (Lipinski definition) is 1. The fraction of sp³-hybridized carbons (Fsp3) is 0.429. The van der Waals surface area contributed by atoms with E-state index in [1.54, 1.807) is 4.68 Å². The Morgan fingerprint density at radius 2 is 1.85 bits per heavy atom. The predicted octanol–water partition coefficient (Wildman–Crippen LogP) is 0.910. The third kappa shape index (κ3) is 2.46. The second kappa shape index (κ2) is 5.13. The van der Waals surface area contributed by atoms with Crippen molar-refractivity contribution in [2.75, 3.05) is 43.9 Å². The Bertz CT molecular complexity index is 580. The Balaban J connectivity index is 1.85. The Kier molecular flexibility index (Phi) is 3.31. The zero-order chi connectivity index (χ0) is 14.1. The first kappa shape index (κ1) is 12.9. The zero-order valence-corrected chi connectivity index (χ0v) is 12.0. The van der Waals surface area contributed by atoms with Crippen LogP contribution >= 0.6 is 0 Å². The molecule has 6 heteroatoms. The zero-order valence-electron chi connectivity index (χ0n) is 12.0. The molecule has 0 radical (unpaired) electrons. The van der Waals surface area contributed by atoms with Crippen LogP contribution in [0.25, 0.3) is 5.82 Å². The van der Waals surface area contributed by atoms with Gasteiger partial charge in [-0.3, -0.25) is 0 Å². The first-order valence-corrected chi connectivity index (χ1v) is 6.85. The number of likely N-dealkylation sites (N-methyl/N-ethyl adjacent to an activating group) is 1. The van der Waals surface area contributed by atoms with Crippen LogP contribution in [0.15, 0.2) is 24.4 Å². The fourth-order valence-corrected chi connectivity index (χ4v) is 2.34. The molecule has 1 fully saturated rings. The van der Waals surface area contributed by atoms with Crippen molar-refractivity contribution in [3.63, 3.8) is 0 Å². The van der Waals surface area contributed by atoms with Crippen molar-refractivity contribution in [3.8, 4) is 5.82 Å². The molecule has 0 bridgehead atoms. The van der Waals surface area contributed by atoms with Crippen LogP contribution in [-0.4, -0.2) is 52.9 Å². The van der Waals surface area contributed by atoms with Gasteiger partial charge in [0.15, 0.2) is 11.6 Å². The van der Waals surface area contributed by atoms with Gasteiger partial charge in [-0.15, -0.1) is 5.10 Å².